The molecule has 0 aliphatic heterocycles. The molecule has 0 aromatic rings. The van der Waals surface area contributed by atoms with Crippen LogP contribution in [-0.2, 0) is 4.43 Å². The van der Waals surface area contributed by atoms with Crippen LogP contribution in [0.4, 0.5) is 57.1 Å². The smallest absolute Gasteiger partial charge is 0.418 e. The highest BCUT2D eigenvalue weighted by molar-refractivity contribution is 6.71. The third-order valence-electron chi connectivity index (χ3n) is 3.80. The normalized spacial score (nSPS) is 15.9. The summed E-state index contributed by atoms with van der Waals surface area (Å²) in [5, 5.41) is 0. The second-order valence-electron chi connectivity index (χ2n) is 6.55. The third kappa shape index (κ3) is 4.70. The molecule has 0 radical (unpaired) electrons. The van der Waals surface area contributed by atoms with Gasteiger partial charge in [-0.25, -0.2) is 0 Å². The molecule has 28 heavy (non-hydrogen) atoms. The van der Waals surface area contributed by atoms with Crippen LogP contribution in [0.15, 0.2) is 0 Å². The summed E-state index contributed by atoms with van der Waals surface area (Å²) in [5.74, 6) is -36.4. The van der Waals surface area contributed by atoms with Crippen molar-refractivity contribution >= 4 is 8.32 Å². The van der Waals surface area contributed by atoms with Gasteiger partial charge in [0.25, 0.3) is 0 Å². The summed E-state index contributed by atoms with van der Waals surface area (Å²) < 4.78 is 173. The maximum atomic E-state index is 13.6. The average molecular weight is 464 g/mol. The van der Waals surface area contributed by atoms with Crippen LogP contribution in [-0.4, -0.2) is 50.7 Å². The van der Waals surface area contributed by atoms with Gasteiger partial charge in [-0.05, 0) is 32.5 Å². The first-order chi connectivity index (χ1) is 12.0. The van der Waals surface area contributed by atoms with Crippen molar-refractivity contribution in [3.63, 3.8) is 0 Å². The number of rotatable bonds is 10. The van der Waals surface area contributed by atoms with Gasteiger partial charge in [0.1, 0.15) is 0 Å². The van der Waals surface area contributed by atoms with Crippen molar-refractivity contribution < 1.29 is 61.5 Å². The van der Waals surface area contributed by atoms with Crippen LogP contribution in [0, 0.1) is 0 Å². The van der Waals surface area contributed by atoms with Crippen LogP contribution in [0.2, 0.25) is 19.1 Å². The summed E-state index contributed by atoms with van der Waals surface area (Å²) in [6.07, 6.45) is -10.5. The molecule has 170 valence electrons. The molecule has 0 amide bonds. The van der Waals surface area contributed by atoms with Crippen LogP contribution < -0.4 is 0 Å². The number of hydrogen-bond acceptors (Lipinski definition) is 1. The topological polar surface area (TPSA) is 9.23 Å². The van der Waals surface area contributed by atoms with Gasteiger partial charge in [-0.2, -0.15) is 57.1 Å². The lowest BCUT2D eigenvalue weighted by Gasteiger charge is -2.39. The van der Waals surface area contributed by atoms with Gasteiger partial charge in [0.2, 0.25) is 0 Å². The SMILES string of the molecule is CCO[Si](C)(C)CCCC(F)(F)C(F)(F)C(F)(F)C(F)(F)C(F)(F)C(F)(F)F. The van der Waals surface area contributed by atoms with Gasteiger partial charge in [0.15, 0.2) is 8.32 Å². The monoisotopic (exact) mass is 464 g/mol. The van der Waals surface area contributed by atoms with Gasteiger partial charge >= 0.3 is 35.8 Å². The molecule has 0 unspecified atom stereocenters. The van der Waals surface area contributed by atoms with Gasteiger partial charge in [-0.1, -0.05) is 0 Å². The van der Waals surface area contributed by atoms with E-state index >= 15 is 0 Å². The van der Waals surface area contributed by atoms with Crippen molar-refractivity contribution in [3.8, 4) is 0 Å². The second kappa shape index (κ2) is 7.83. The molecule has 1 nitrogen and oxygen atoms in total. The Bertz CT molecular complexity index is 527. The molecule has 0 fully saturated rings. The van der Waals surface area contributed by atoms with Crippen LogP contribution >= 0.6 is 0 Å². The zero-order valence-electron chi connectivity index (χ0n) is 14.7. The molecule has 0 heterocycles. The Morgan fingerprint density at radius 2 is 1.04 bits per heavy atom. The molecule has 0 spiro atoms. The van der Waals surface area contributed by atoms with Crippen molar-refractivity contribution in [3.05, 3.63) is 0 Å². The van der Waals surface area contributed by atoms with Gasteiger partial charge in [0, 0.05) is 13.0 Å². The fraction of sp³-hybridized carbons (Fsp3) is 1.00. The fourth-order valence-electron chi connectivity index (χ4n) is 2.16. The highest BCUT2D eigenvalue weighted by atomic mass is 28.4. The van der Waals surface area contributed by atoms with Crippen LogP contribution in [0.5, 0.6) is 0 Å². The molecule has 0 saturated carbocycles. The van der Waals surface area contributed by atoms with E-state index in [1.54, 1.807) is 0 Å². The number of alkyl halides is 13. The van der Waals surface area contributed by atoms with E-state index in [0.29, 0.717) is 0 Å². The lowest BCUT2D eigenvalue weighted by atomic mass is 9.92. The van der Waals surface area contributed by atoms with E-state index < -0.39 is 56.9 Å². The molecule has 0 aliphatic rings. The predicted octanol–water partition coefficient (Wildman–Crippen LogP) is 6.75. The first-order valence-corrected chi connectivity index (χ1v) is 10.7. The summed E-state index contributed by atoms with van der Waals surface area (Å²) in [6.45, 7) is 4.52. The van der Waals surface area contributed by atoms with Crippen LogP contribution in [0.1, 0.15) is 19.8 Å². The van der Waals surface area contributed by atoms with Gasteiger partial charge in [-0.3, -0.25) is 0 Å². The fourth-order valence-corrected chi connectivity index (χ4v) is 4.11. The summed E-state index contributed by atoms with van der Waals surface area (Å²) >= 11 is 0. The standard InChI is InChI=1S/C13H17F13OSi/c1-4-27-28(2,3)7-5-6-8(14,15)9(16,17)10(18,19)11(20,21)12(22,23)13(24,25)26/h4-7H2,1-3H3. The molecule has 15 heteroatoms. The maximum absolute atomic E-state index is 13.6. The van der Waals surface area contributed by atoms with E-state index in [1.807, 2.05) is 0 Å². The summed E-state index contributed by atoms with van der Waals surface area (Å²) in [5.41, 5.74) is 0. The van der Waals surface area contributed by atoms with Gasteiger partial charge < -0.3 is 4.43 Å². The minimum absolute atomic E-state index is 0.114. The summed E-state index contributed by atoms with van der Waals surface area (Å²) in [7, 11) is -2.68. The Balaban J connectivity index is 5.74. The molecule has 0 rings (SSSR count). The molecular formula is C13H17F13OSi. The summed E-state index contributed by atoms with van der Waals surface area (Å²) in [4.78, 5) is 0. The van der Waals surface area contributed by atoms with Crippen molar-refractivity contribution in [2.24, 2.45) is 0 Å². The first kappa shape index (κ1) is 27.3. The Hall–Kier alpha value is -0.733. The van der Waals surface area contributed by atoms with E-state index in [2.05, 4.69) is 0 Å². The molecule has 0 atom stereocenters. The number of halogens is 13. The van der Waals surface area contributed by atoms with Gasteiger partial charge in [0.05, 0.1) is 0 Å². The van der Waals surface area contributed by atoms with E-state index in [1.165, 1.54) is 20.0 Å². The zero-order chi connectivity index (χ0) is 23.0. The Morgan fingerprint density at radius 3 is 1.39 bits per heavy atom. The van der Waals surface area contributed by atoms with Crippen LogP contribution in [0.3, 0.4) is 0 Å². The van der Waals surface area contributed by atoms with Crippen molar-refractivity contribution in [1.82, 2.24) is 0 Å². The highest BCUT2D eigenvalue weighted by Crippen LogP contribution is 2.60. The number of hydrogen-bond donors (Lipinski definition) is 0. The Morgan fingerprint density at radius 1 is 0.643 bits per heavy atom. The molecule has 0 saturated heterocycles. The van der Waals surface area contributed by atoms with E-state index in [9.17, 15) is 57.1 Å². The van der Waals surface area contributed by atoms with Crippen LogP contribution in [0.25, 0.3) is 0 Å². The third-order valence-corrected chi connectivity index (χ3v) is 6.43. The Kier molecular flexibility index (Phi) is 7.63. The largest absolute Gasteiger partial charge is 0.460 e. The lowest BCUT2D eigenvalue weighted by molar-refractivity contribution is -0.440. The first-order valence-electron chi connectivity index (χ1n) is 7.61. The molecule has 0 aromatic carbocycles. The quantitative estimate of drug-likeness (QED) is 0.257. The van der Waals surface area contributed by atoms with E-state index in [0.717, 1.165) is 0 Å². The minimum atomic E-state index is -7.84. The molecule has 0 aliphatic carbocycles. The Labute approximate surface area is 152 Å². The molecular weight excluding hydrogens is 447 g/mol. The minimum Gasteiger partial charge on any atom is -0.418 e. The van der Waals surface area contributed by atoms with E-state index in [4.69, 9.17) is 4.43 Å². The van der Waals surface area contributed by atoms with Crippen molar-refractivity contribution in [1.29, 1.82) is 0 Å². The summed E-state index contributed by atoms with van der Waals surface area (Å²) in [6, 6.07) is -0.312. The van der Waals surface area contributed by atoms with Crippen molar-refractivity contribution in [2.75, 3.05) is 6.61 Å². The van der Waals surface area contributed by atoms with E-state index in [-0.39, 0.29) is 12.7 Å². The molecule has 0 N–H and O–H groups in total. The highest BCUT2D eigenvalue weighted by Gasteiger charge is 2.90. The molecule has 0 aromatic heterocycles. The second-order valence-corrected chi connectivity index (χ2v) is 10.9. The zero-order valence-corrected chi connectivity index (χ0v) is 15.7. The van der Waals surface area contributed by atoms with Gasteiger partial charge in [-0.15, -0.1) is 0 Å². The average Bonchev–Trinajstić information content (AvgIpc) is 2.44. The lowest BCUT2D eigenvalue weighted by Crippen LogP contribution is -2.70. The van der Waals surface area contributed by atoms with Crippen molar-refractivity contribution in [2.45, 2.75) is 74.7 Å². The predicted molar refractivity (Wildman–Crippen MR) is 73.9 cm³/mol. The molecule has 0 bridgehead atoms. The maximum Gasteiger partial charge on any atom is 0.460 e.